The standard InChI is InChI=1S/C21H22N2O3/c1-5-26-21-9-15(4)17(12-20(21)14(2)3)10-18(13-22)16-7-6-8-19(11-16)23(24)25/h6-12,14H,5H2,1-4H3. The quantitative estimate of drug-likeness (QED) is 0.299. The highest BCUT2D eigenvalue weighted by Gasteiger charge is 2.13. The molecule has 5 nitrogen and oxygen atoms in total. The van der Waals surface area contributed by atoms with Gasteiger partial charge in [0.2, 0.25) is 0 Å². The summed E-state index contributed by atoms with van der Waals surface area (Å²) in [5.41, 5.74) is 3.84. The highest BCUT2D eigenvalue weighted by Crippen LogP contribution is 2.32. The molecule has 0 radical (unpaired) electrons. The van der Waals surface area contributed by atoms with Crippen LogP contribution in [-0.2, 0) is 0 Å². The van der Waals surface area contributed by atoms with Crippen LogP contribution in [0.2, 0.25) is 0 Å². The third-order valence-corrected chi connectivity index (χ3v) is 4.11. The zero-order valence-corrected chi connectivity index (χ0v) is 15.4. The maximum absolute atomic E-state index is 11.0. The Labute approximate surface area is 153 Å². The molecule has 2 aromatic carbocycles. The van der Waals surface area contributed by atoms with Gasteiger partial charge >= 0.3 is 0 Å². The van der Waals surface area contributed by atoms with Crippen molar-refractivity contribution in [1.82, 2.24) is 0 Å². The van der Waals surface area contributed by atoms with Crippen molar-refractivity contribution >= 4 is 17.3 Å². The van der Waals surface area contributed by atoms with Crippen LogP contribution in [-0.4, -0.2) is 11.5 Å². The average Bonchev–Trinajstić information content (AvgIpc) is 2.61. The largest absolute Gasteiger partial charge is 0.494 e. The van der Waals surface area contributed by atoms with E-state index in [4.69, 9.17) is 4.74 Å². The second-order valence-electron chi connectivity index (χ2n) is 6.31. The highest BCUT2D eigenvalue weighted by molar-refractivity contribution is 5.90. The smallest absolute Gasteiger partial charge is 0.270 e. The topological polar surface area (TPSA) is 76.2 Å². The van der Waals surface area contributed by atoms with Crippen LogP contribution < -0.4 is 4.74 Å². The Morgan fingerprint density at radius 1 is 1.35 bits per heavy atom. The van der Waals surface area contributed by atoms with E-state index >= 15 is 0 Å². The predicted molar refractivity (Wildman–Crippen MR) is 103 cm³/mol. The molecule has 2 aromatic rings. The van der Waals surface area contributed by atoms with Crippen LogP contribution in [0.3, 0.4) is 0 Å². The highest BCUT2D eigenvalue weighted by atomic mass is 16.6. The Kier molecular flexibility index (Phi) is 6.13. The monoisotopic (exact) mass is 350 g/mol. The molecule has 0 N–H and O–H groups in total. The maximum Gasteiger partial charge on any atom is 0.270 e. The van der Waals surface area contributed by atoms with Gasteiger partial charge in [0.15, 0.2) is 0 Å². The lowest BCUT2D eigenvalue weighted by molar-refractivity contribution is -0.384. The molecule has 26 heavy (non-hydrogen) atoms. The minimum Gasteiger partial charge on any atom is -0.494 e. The van der Waals surface area contributed by atoms with Crippen LogP contribution in [0.15, 0.2) is 36.4 Å². The zero-order chi connectivity index (χ0) is 19.3. The van der Waals surface area contributed by atoms with Crippen LogP contribution in [0.4, 0.5) is 5.69 Å². The molecule has 0 fully saturated rings. The first-order valence-electron chi connectivity index (χ1n) is 8.51. The van der Waals surface area contributed by atoms with Gasteiger partial charge in [-0.2, -0.15) is 5.26 Å². The van der Waals surface area contributed by atoms with Gasteiger partial charge < -0.3 is 4.74 Å². The second kappa shape index (κ2) is 8.30. The van der Waals surface area contributed by atoms with E-state index in [-0.39, 0.29) is 11.6 Å². The summed E-state index contributed by atoms with van der Waals surface area (Å²) in [5, 5.41) is 20.6. The van der Waals surface area contributed by atoms with Crippen molar-refractivity contribution in [3.8, 4) is 11.8 Å². The second-order valence-corrected chi connectivity index (χ2v) is 6.31. The summed E-state index contributed by atoms with van der Waals surface area (Å²) in [5.74, 6) is 1.12. The van der Waals surface area contributed by atoms with Crippen molar-refractivity contribution in [2.45, 2.75) is 33.6 Å². The Hall–Kier alpha value is -3.13. The lowest BCUT2D eigenvalue weighted by atomic mass is 9.94. The van der Waals surface area contributed by atoms with Crippen molar-refractivity contribution in [2.75, 3.05) is 6.61 Å². The van der Waals surface area contributed by atoms with Gasteiger partial charge in [-0.1, -0.05) is 26.0 Å². The van der Waals surface area contributed by atoms with Crippen LogP contribution in [0.25, 0.3) is 11.6 Å². The van der Waals surface area contributed by atoms with Gasteiger partial charge in [-0.3, -0.25) is 10.1 Å². The van der Waals surface area contributed by atoms with Gasteiger partial charge in [0.05, 0.1) is 23.2 Å². The third kappa shape index (κ3) is 4.28. The molecule has 0 saturated heterocycles. The normalized spacial score (nSPS) is 11.3. The van der Waals surface area contributed by atoms with Gasteiger partial charge in [-0.25, -0.2) is 0 Å². The maximum atomic E-state index is 11.0. The molecule has 0 unspecified atom stereocenters. The molecule has 0 atom stereocenters. The SMILES string of the molecule is CCOc1cc(C)c(C=C(C#N)c2cccc([N+](=O)[O-])c2)cc1C(C)C. The zero-order valence-electron chi connectivity index (χ0n) is 15.4. The molecule has 0 spiro atoms. The molecule has 0 aromatic heterocycles. The van der Waals surface area contributed by atoms with Crippen LogP contribution in [0.5, 0.6) is 5.75 Å². The molecule has 134 valence electrons. The van der Waals surface area contributed by atoms with Crippen LogP contribution >= 0.6 is 0 Å². The number of nitro groups is 1. The number of allylic oxidation sites excluding steroid dienone is 1. The number of non-ortho nitro benzene ring substituents is 1. The molecule has 0 bridgehead atoms. The van der Waals surface area contributed by atoms with Gasteiger partial charge in [-0.05, 0) is 60.2 Å². The van der Waals surface area contributed by atoms with E-state index in [9.17, 15) is 15.4 Å². The molecular weight excluding hydrogens is 328 g/mol. The van der Waals surface area contributed by atoms with Gasteiger partial charge in [0, 0.05) is 12.1 Å². The van der Waals surface area contributed by atoms with Gasteiger partial charge in [0.1, 0.15) is 5.75 Å². The van der Waals surface area contributed by atoms with E-state index in [1.807, 2.05) is 26.0 Å². The molecule has 0 amide bonds. The fraction of sp³-hybridized carbons (Fsp3) is 0.286. The Morgan fingerprint density at radius 3 is 2.65 bits per heavy atom. The molecule has 0 saturated carbocycles. The molecule has 0 aliphatic carbocycles. The molecule has 2 rings (SSSR count). The first-order chi connectivity index (χ1) is 12.4. The van der Waals surface area contributed by atoms with E-state index in [1.54, 1.807) is 18.2 Å². The van der Waals surface area contributed by atoms with E-state index < -0.39 is 4.92 Å². The lowest BCUT2D eigenvalue weighted by Crippen LogP contribution is -2.00. The fourth-order valence-corrected chi connectivity index (χ4v) is 2.73. The van der Waals surface area contributed by atoms with E-state index in [0.29, 0.717) is 17.7 Å². The Morgan fingerprint density at radius 2 is 2.08 bits per heavy atom. The lowest BCUT2D eigenvalue weighted by Gasteiger charge is -2.16. The van der Waals surface area contributed by atoms with Crippen LogP contribution in [0.1, 0.15) is 48.9 Å². The Balaban J connectivity index is 2.56. The number of aryl methyl sites for hydroxylation is 1. The summed E-state index contributed by atoms with van der Waals surface area (Å²) in [6.45, 7) is 8.68. The summed E-state index contributed by atoms with van der Waals surface area (Å²) in [6.07, 6.45) is 1.77. The van der Waals surface area contributed by atoms with Crippen molar-refractivity contribution in [3.63, 3.8) is 0 Å². The summed E-state index contributed by atoms with van der Waals surface area (Å²) < 4.78 is 5.73. The molecule has 5 heteroatoms. The third-order valence-electron chi connectivity index (χ3n) is 4.11. The number of nitro benzene ring substituents is 1. The fourth-order valence-electron chi connectivity index (χ4n) is 2.73. The number of hydrogen-bond acceptors (Lipinski definition) is 4. The summed E-state index contributed by atoms with van der Waals surface area (Å²) >= 11 is 0. The number of nitrogens with zero attached hydrogens (tertiary/aromatic N) is 2. The first kappa shape index (κ1) is 19.2. The Bertz CT molecular complexity index is 893. The summed E-state index contributed by atoms with van der Waals surface area (Å²) in [7, 11) is 0. The minimum atomic E-state index is -0.461. The van der Waals surface area contributed by atoms with E-state index in [1.165, 1.54) is 12.1 Å². The van der Waals surface area contributed by atoms with Crippen molar-refractivity contribution < 1.29 is 9.66 Å². The van der Waals surface area contributed by atoms with Crippen molar-refractivity contribution in [2.24, 2.45) is 0 Å². The molecule has 0 aliphatic heterocycles. The number of hydrogen-bond donors (Lipinski definition) is 0. The number of nitriles is 1. The number of benzene rings is 2. The van der Waals surface area contributed by atoms with Crippen molar-refractivity contribution in [1.29, 1.82) is 5.26 Å². The van der Waals surface area contributed by atoms with E-state index in [0.717, 1.165) is 22.4 Å². The molecule has 0 heterocycles. The first-order valence-corrected chi connectivity index (χ1v) is 8.51. The number of ether oxygens (including phenoxy) is 1. The predicted octanol–water partition coefficient (Wildman–Crippen LogP) is 5.49. The average molecular weight is 350 g/mol. The number of rotatable bonds is 6. The summed E-state index contributed by atoms with van der Waals surface area (Å²) in [6, 6.07) is 12.3. The van der Waals surface area contributed by atoms with Gasteiger partial charge in [0.25, 0.3) is 5.69 Å². The van der Waals surface area contributed by atoms with E-state index in [2.05, 4.69) is 19.9 Å². The summed E-state index contributed by atoms with van der Waals surface area (Å²) in [4.78, 5) is 10.5. The van der Waals surface area contributed by atoms with Gasteiger partial charge in [-0.15, -0.1) is 0 Å². The van der Waals surface area contributed by atoms with Crippen molar-refractivity contribution in [3.05, 3.63) is 68.8 Å². The minimum absolute atomic E-state index is 0.0325. The van der Waals surface area contributed by atoms with Crippen LogP contribution in [0, 0.1) is 28.4 Å². The molecular formula is C21H22N2O3. The molecule has 0 aliphatic rings.